The second kappa shape index (κ2) is 8.16. The second-order valence-electron chi connectivity index (χ2n) is 6.85. The molecule has 0 aliphatic heterocycles. The van der Waals surface area contributed by atoms with Gasteiger partial charge in [0, 0.05) is 32.4 Å². The van der Waals surface area contributed by atoms with Gasteiger partial charge in [-0.15, -0.1) is 0 Å². The van der Waals surface area contributed by atoms with Gasteiger partial charge in [0.2, 0.25) is 5.91 Å². The van der Waals surface area contributed by atoms with Crippen LogP contribution < -0.4 is 0 Å². The van der Waals surface area contributed by atoms with E-state index in [1.807, 2.05) is 81.2 Å². The summed E-state index contributed by atoms with van der Waals surface area (Å²) in [6, 6.07) is 15.7. The predicted molar refractivity (Wildman–Crippen MR) is 106 cm³/mol. The van der Waals surface area contributed by atoms with Crippen LogP contribution in [-0.4, -0.2) is 32.6 Å². The van der Waals surface area contributed by atoms with Gasteiger partial charge in [0.25, 0.3) is 0 Å². The fourth-order valence-electron chi connectivity index (χ4n) is 3.50. The van der Waals surface area contributed by atoms with E-state index in [4.69, 9.17) is 0 Å². The van der Waals surface area contributed by atoms with Crippen LogP contribution in [0.3, 0.4) is 0 Å². The summed E-state index contributed by atoms with van der Waals surface area (Å²) < 4.78 is 1.87. The van der Waals surface area contributed by atoms with Crippen LogP contribution in [0.5, 0.6) is 0 Å². The number of carbonyl (C=O) groups is 1. The predicted octanol–water partition coefficient (Wildman–Crippen LogP) is 3.61. The van der Waals surface area contributed by atoms with Crippen molar-refractivity contribution >= 4 is 5.91 Å². The minimum absolute atomic E-state index is 0.0946. The number of hydrogen-bond acceptors (Lipinski definition) is 3. The lowest BCUT2D eigenvalue weighted by molar-refractivity contribution is -0.131. The molecule has 1 amide bonds. The quantitative estimate of drug-likeness (QED) is 0.673. The maximum atomic E-state index is 13.0. The number of aryl methyl sites for hydroxylation is 2. The van der Waals surface area contributed by atoms with E-state index < -0.39 is 0 Å². The molecule has 0 saturated carbocycles. The van der Waals surface area contributed by atoms with E-state index in [0.717, 1.165) is 28.2 Å². The van der Waals surface area contributed by atoms with E-state index in [-0.39, 0.29) is 11.9 Å². The maximum Gasteiger partial charge on any atom is 0.223 e. The lowest BCUT2D eigenvalue weighted by Gasteiger charge is -2.28. The third-order valence-corrected chi connectivity index (χ3v) is 5.11. The molecule has 5 nitrogen and oxygen atoms in total. The van der Waals surface area contributed by atoms with E-state index in [1.54, 1.807) is 11.1 Å². The lowest BCUT2D eigenvalue weighted by Crippen LogP contribution is -2.32. The number of pyridine rings is 1. The molecule has 140 valence electrons. The first-order valence-corrected chi connectivity index (χ1v) is 9.19. The number of carbonyl (C=O) groups excluding carboxylic acids is 1. The zero-order valence-electron chi connectivity index (χ0n) is 16.4. The van der Waals surface area contributed by atoms with Gasteiger partial charge in [-0.25, -0.2) is 0 Å². The number of aromatic nitrogens is 3. The maximum absolute atomic E-state index is 13.0. The van der Waals surface area contributed by atoms with Crippen LogP contribution in [0.25, 0.3) is 0 Å². The minimum atomic E-state index is -0.198. The third kappa shape index (κ3) is 4.08. The second-order valence-corrected chi connectivity index (χ2v) is 6.85. The molecule has 1 atom stereocenters. The van der Waals surface area contributed by atoms with Crippen molar-refractivity contribution in [2.24, 2.45) is 7.05 Å². The molecule has 0 saturated heterocycles. The third-order valence-electron chi connectivity index (χ3n) is 5.11. The minimum Gasteiger partial charge on any atom is -0.333 e. The summed E-state index contributed by atoms with van der Waals surface area (Å²) in [5, 5.41) is 4.45. The highest BCUT2D eigenvalue weighted by Gasteiger charge is 2.24. The molecule has 0 radical (unpaired) electrons. The van der Waals surface area contributed by atoms with E-state index >= 15 is 0 Å². The topological polar surface area (TPSA) is 51.0 Å². The van der Waals surface area contributed by atoms with Crippen molar-refractivity contribution in [2.45, 2.75) is 32.7 Å². The van der Waals surface area contributed by atoms with E-state index in [2.05, 4.69) is 10.1 Å². The van der Waals surface area contributed by atoms with Gasteiger partial charge in [0.1, 0.15) is 0 Å². The highest BCUT2D eigenvalue weighted by Crippen LogP contribution is 2.27. The molecule has 3 rings (SSSR count). The highest BCUT2D eigenvalue weighted by atomic mass is 16.2. The smallest absolute Gasteiger partial charge is 0.223 e. The fourth-order valence-corrected chi connectivity index (χ4v) is 3.50. The van der Waals surface area contributed by atoms with Gasteiger partial charge in [-0.1, -0.05) is 36.4 Å². The number of hydrogen-bond donors (Lipinski definition) is 0. The van der Waals surface area contributed by atoms with Gasteiger partial charge in [0.15, 0.2) is 0 Å². The van der Waals surface area contributed by atoms with Crippen LogP contribution in [0.15, 0.2) is 54.7 Å². The SMILES string of the molecule is Cc1nn(C)c(C)c1CCC(=O)N(C)C(c1ccccc1)c1ccccn1. The molecule has 0 fully saturated rings. The Kier molecular flexibility index (Phi) is 5.69. The van der Waals surface area contributed by atoms with Crippen molar-refractivity contribution in [3.8, 4) is 0 Å². The molecule has 27 heavy (non-hydrogen) atoms. The molecule has 0 N–H and O–H groups in total. The van der Waals surface area contributed by atoms with Crippen LogP contribution in [0.4, 0.5) is 0 Å². The first kappa shape index (κ1) is 18.8. The highest BCUT2D eigenvalue weighted by molar-refractivity contribution is 5.77. The normalized spacial score (nSPS) is 12.0. The van der Waals surface area contributed by atoms with Gasteiger partial charge < -0.3 is 4.90 Å². The van der Waals surface area contributed by atoms with Crippen molar-refractivity contribution in [1.82, 2.24) is 19.7 Å². The van der Waals surface area contributed by atoms with E-state index in [0.29, 0.717) is 12.8 Å². The summed E-state index contributed by atoms with van der Waals surface area (Å²) in [7, 11) is 3.80. The number of amides is 1. The Morgan fingerprint density at radius 3 is 2.41 bits per heavy atom. The van der Waals surface area contributed by atoms with Gasteiger partial charge in [-0.3, -0.25) is 14.5 Å². The van der Waals surface area contributed by atoms with Crippen LogP contribution in [0.2, 0.25) is 0 Å². The molecular formula is C22H26N4O. The van der Waals surface area contributed by atoms with Crippen molar-refractivity contribution in [1.29, 1.82) is 0 Å². The molecule has 0 bridgehead atoms. The van der Waals surface area contributed by atoms with Gasteiger partial charge >= 0.3 is 0 Å². The van der Waals surface area contributed by atoms with Gasteiger partial charge in [-0.2, -0.15) is 5.10 Å². The van der Waals surface area contributed by atoms with Crippen molar-refractivity contribution in [3.05, 3.63) is 82.9 Å². The molecule has 0 aliphatic carbocycles. The number of benzene rings is 1. The van der Waals surface area contributed by atoms with Crippen molar-refractivity contribution < 1.29 is 4.79 Å². The Balaban J connectivity index is 1.81. The first-order valence-electron chi connectivity index (χ1n) is 9.19. The zero-order chi connectivity index (χ0) is 19.4. The molecule has 1 unspecified atom stereocenters. The van der Waals surface area contributed by atoms with Crippen LogP contribution >= 0.6 is 0 Å². The van der Waals surface area contributed by atoms with Gasteiger partial charge in [-0.05, 0) is 43.5 Å². The molecule has 2 heterocycles. The standard InChI is InChI=1S/C22H26N4O/c1-16-19(17(2)26(4)24-16)13-14-21(27)25(3)22(18-10-6-5-7-11-18)20-12-8-9-15-23-20/h5-12,15,22H,13-14H2,1-4H3. The van der Waals surface area contributed by atoms with Crippen LogP contribution in [0, 0.1) is 13.8 Å². The summed E-state index contributed by atoms with van der Waals surface area (Å²) in [5.74, 6) is 0.0946. The monoisotopic (exact) mass is 362 g/mol. The molecule has 1 aromatic carbocycles. The number of nitrogens with zero attached hydrogens (tertiary/aromatic N) is 4. The molecule has 2 aromatic heterocycles. The Bertz CT molecular complexity index is 863. The Labute approximate surface area is 160 Å². The summed E-state index contributed by atoms with van der Waals surface area (Å²) in [6.07, 6.45) is 2.91. The summed E-state index contributed by atoms with van der Waals surface area (Å²) >= 11 is 0. The lowest BCUT2D eigenvalue weighted by atomic mass is 10.0. The number of rotatable bonds is 6. The van der Waals surface area contributed by atoms with E-state index in [9.17, 15) is 4.79 Å². The molecular weight excluding hydrogens is 336 g/mol. The van der Waals surface area contributed by atoms with Crippen molar-refractivity contribution in [2.75, 3.05) is 7.05 Å². The van der Waals surface area contributed by atoms with E-state index in [1.165, 1.54) is 0 Å². The molecule has 5 heteroatoms. The Hall–Kier alpha value is -2.95. The average molecular weight is 362 g/mol. The molecule has 3 aromatic rings. The fraction of sp³-hybridized carbons (Fsp3) is 0.318. The summed E-state index contributed by atoms with van der Waals surface area (Å²) in [5.41, 5.74) is 5.20. The molecule has 0 aliphatic rings. The zero-order valence-corrected chi connectivity index (χ0v) is 16.4. The summed E-state index contributed by atoms with van der Waals surface area (Å²) in [4.78, 5) is 19.3. The van der Waals surface area contributed by atoms with Crippen molar-refractivity contribution in [3.63, 3.8) is 0 Å². The Morgan fingerprint density at radius 1 is 1.11 bits per heavy atom. The first-order chi connectivity index (χ1) is 13.0. The largest absolute Gasteiger partial charge is 0.333 e. The van der Waals surface area contributed by atoms with Gasteiger partial charge in [0.05, 0.1) is 17.4 Å². The molecule has 0 spiro atoms. The Morgan fingerprint density at radius 2 is 1.81 bits per heavy atom. The van der Waals surface area contributed by atoms with Crippen LogP contribution in [0.1, 0.15) is 40.7 Å². The van der Waals surface area contributed by atoms with Crippen LogP contribution in [-0.2, 0) is 18.3 Å². The average Bonchev–Trinajstić information content (AvgIpc) is 2.93. The summed E-state index contributed by atoms with van der Waals surface area (Å²) in [6.45, 7) is 4.04.